The maximum Gasteiger partial charge on any atom is 0.303 e. The average molecular weight is 230 g/mol. The Morgan fingerprint density at radius 2 is 1.94 bits per heavy atom. The fraction of sp³-hybridized carbons (Fsp3) is 0.818. The van der Waals surface area contributed by atoms with E-state index in [2.05, 4.69) is 5.32 Å². The summed E-state index contributed by atoms with van der Waals surface area (Å²) >= 11 is 0. The normalized spacial score (nSPS) is 12.2. The predicted molar refractivity (Wildman–Crippen MR) is 62.2 cm³/mol. The first-order valence-corrected chi connectivity index (χ1v) is 5.56. The summed E-state index contributed by atoms with van der Waals surface area (Å²) in [6.45, 7) is 3.12. The number of carboxylic acids is 1. The monoisotopic (exact) mass is 230 g/mol. The molecule has 0 aromatic carbocycles. The maximum atomic E-state index is 11.2. The molecule has 94 valence electrons. The summed E-state index contributed by atoms with van der Waals surface area (Å²) < 4.78 is 0. The number of carboxylic acid groups (broad SMARTS) is 1. The summed E-state index contributed by atoms with van der Waals surface area (Å²) in [7, 11) is 3.44. The van der Waals surface area contributed by atoms with Crippen molar-refractivity contribution in [2.75, 3.05) is 27.2 Å². The van der Waals surface area contributed by atoms with Gasteiger partial charge in [-0.15, -0.1) is 0 Å². The fourth-order valence-corrected chi connectivity index (χ4v) is 1.22. The largest absolute Gasteiger partial charge is 0.481 e. The van der Waals surface area contributed by atoms with Gasteiger partial charge < -0.3 is 15.3 Å². The van der Waals surface area contributed by atoms with Crippen molar-refractivity contribution < 1.29 is 14.7 Å². The molecule has 1 atom stereocenters. The lowest BCUT2D eigenvalue weighted by Gasteiger charge is -2.13. The highest BCUT2D eigenvalue weighted by Gasteiger charge is 2.06. The van der Waals surface area contributed by atoms with E-state index >= 15 is 0 Å². The van der Waals surface area contributed by atoms with Crippen molar-refractivity contribution in [2.24, 2.45) is 5.92 Å². The van der Waals surface area contributed by atoms with Crippen LogP contribution < -0.4 is 5.32 Å². The molecule has 0 aliphatic rings. The highest BCUT2D eigenvalue weighted by molar-refractivity contribution is 5.77. The molecule has 0 spiro atoms. The summed E-state index contributed by atoms with van der Waals surface area (Å²) in [4.78, 5) is 23.1. The third-order valence-electron chi connectivity index (χ3n) is 2.44. The molecular formula is C11H22N2O3. The van der Waals surface area contributed by atoms with E-state index in [-0.39, 0.29) is 12.3 Å². The molecule has 2 N–H and O–H groups in total. The highest BCUT2D eigenvalue weighted by Crippen LogP contribution is 2.08. The third-order valence-corrected chi connectivity index (χ3v) is 2.44. The number of carbonyl (C=O) groups is 2. The van der Waals surface area contributed by atoms with Crippen molar-refractivity contribution in [3.8, 4) is 0 Å². The molecule has 0 aliphatic heterocycles. The Morgan fingerprint density at radius 3 is 2.44 bits per heavy atom. The van der Waals surface area contributed by atoms with Crippen LogP contribution in [0.5, 0.6) is 0 Å². The first-order chi connectivity index (χ1) is 7.43. The van der Waals surface area contributed by atoms with E-state index in [0.717, 1.165) is 13.0 Å². The predicted octanol–water partition coefficient (Wildman–Crippen LogP) is 0.555. The first-order valence-electron chi connectivity index (χ1n) is 5.56. The maximum absolute atomic E-state index is 11.2. The number of amides is 1. The first kappa shape index (κ1) is 14.9. The van der Waals surface area contributed by atoms with Crippen molar-refractivity contribution in [3.05, 3.63) is 0 Å². The van der Waals surface area contributed by atoms with Gasteiger partial charge in [0.15, 0.2) is 0 Å². The Morgan fingerprint density at radius 1 is 1.31 bits per heavy atom. The van der Waals surface area contributed by atoms with Gasteiger partial charge in [0.25, 0.3) is 0 Å². The molecule has 0 aromatic rings. The van der Waals surface area contributed by atoms with Gasteiger partial charge in [0.2, 0.25) is 5.91 Å². The number of carbonyl (C=O) groups excluding carboxylic acids is 1. The number of rotatable bonds is 8. The molecule has 16 heavy (non-hydrogen) atoms. The van der Waals surface area contributed by atoms with E-state index in [0.29, 0.717) is 18.9 Å². The average Bonchev–Trinajstić information content (AvgIpc) is 2.20. The second-order valence-corrected chi connectivity index (χ2v) is 4.29. The Labute approximate surface area is 96.8 Å². The van der Waals surface area contributed by atoms with Crippen LogP contribution in [-0.4, -0.2) is 49.1 Å². The SMILES string of the molecule is CC(CCNCC(=O)N(C)C)CCC(=O)O. The summed E-state index contributed by atoms with van der Waals surface area (Å²) in [6.07, 6.45) is 1.81. The lowest BCUT2D eigenvalue weighted by Crippen LogP contribution is -2.33. The van der Waals surface area contributed by atoms with E-state index in [9.17, 15) is 9.59 Å². The van der Waals surface area contributed by atoms with Gasteiger partial charge in [-0.05, 0) is 25.3 Å². The Balaban J connectivity index is 3.44. The van der Waals surface area contributed by atoms with Crippen molar-refractivity contribution in [1.82, 2.24) is 10.2 Å². The molecule has 5 heteroatoms. The zero-order valence-corrected chi connectivity index (χ0v) is 10.3. The van der Waals surface area contributed by atoms with Gasteiger partial charge in [0.05, 0.1) is 6.54 Å². The summed E-state index contributed by atoms with van der Waals surface area (Å²) in [5.74, 6) is -0.321. The van der Waals surface area contributed by atoms with Crippen molar-refractivity contribution in [3.63, 3.8) is 0 Å². The lowest BCUT2D eigenvalue weighted by atomic mass is 10.0. The zero-order valence-electron chi connectivity index (χ0n) is 10.3. The molecule has 0 saturated heterocycles. The van der Waals surface area contributed by atoms with Gasteiger partial charge in [-0.1, -0.05) is 6.92 Å². The van der Waals surface area contributed by atoms with Crippen LogP contribution in [-0.2, 0) is 9.59 Å². The second kappa shape index (κ2) is 8.10. The molecular weight excluding hydrogens is 208 g/mol. The minimum absolute atomic E-state index is 0.0539. The van der Waals surface area contributed by atoms with Crippen LogP contribution >= 0.6 is 0 Å². The van der Waals surface area contributed by atoms with Crippen molar-refractivity contribution in [1.29, 1.82) is 0 Å². The van der Waals surface area contributed by atoms with Crippen LogP contribution in [0.2, 0.25) is 0 Å². The summed E-state index contributed by atoms with van der Waals surface area (Å²) in [5, 5.41) is 11.5. The van der Waals surface area contributed by atoms with Crippen LogP contribution in [0.4, 0.5) is 0 Å². The van der Waals surface area contributed by atoms with Crippen LogP contribution in [0.15, 0.2) is 0 Å². The van der Waals surface area contributed by atoms with Gasteiger partial charge in [-0.2, -0.15) is 0 Å². The van der Waals surface area contributed by atoms with Crippen LogP contribution in [0, 0.1) is 5.92 Å². The van der Waals surface area contributed by atoms with Crippen molar-refractivity contribution in [2.45, 2.75) is 26.2 Å². The molecule has 0 bridgehead atoms. The van der Waals surface area contributed by atoms with Crippen LogP contribution in [0.3, 0.4) is 0 Å². The molecule has 5 nitrogen and oxygen atoms in total. The van der Waals surface area contributed by atoms with Crippen molar-refractivity contribution >= 4 is 11.9 Å². The minimum atomic E-state index is -0.748. The van der Waals surface area contributed by atoms with Crippen LogP contribution in [0.25, 0.3) is 0 Å². The molecule has 0 radical (unpaired) electrons. The quantitative estimate of drug-likeness (QED) is 0.598. The summed E-state index contributed by atoms with van der Waals surface area (Å²) in [5.41, 5.74) is 0. The van der Waals surface area contributed by atoms with E-state index < -0.39 is 5.97 Å². The molecule has 0 aliphatic carbocycles. The van der Waals surface area contributed by atoms with E-state index in [4.69, 9.17) is 5.11 Å². The van der Waals surface area contributed by atoms with Gasteiger partial charge in [-0.3, -0.25) is 9.59 Å². The lowest BCUT2D eigenvalue weighted by molar-refractivity contribution is -0.137. The summed E-state index contributed by atoms with van der Waals surface area (Å²) in [6, 6.07) is 0. The molecule has 1 amide bonds. The van der Waals surface area contributed by atoms with Gasteiger partial charge in [0.1, 0.15) is 0 Å². The minimum Gasteiger partial charge on any atom is -0.481 e. The van der Waals surface area contributed by atoms with E-state index in [1.165, 1.54) is 0 Å². The Bertz CT molecular complexity index is 229. The number of nitrogens with one attached hydrogen (secondary N) is 1. The molecule has 0 aromatic heterocycles. The molecule has 0 heterocycles. The van der Waals surface area contributed by atoms with E-state index in [1.54, 1.807) is 19.0 Å². The highest BCUT2D eigenvalue weighted by atomic mass is 16.4. The van der Waals surface area contributed by atoms with Crippen LogP contribution in [0.1, 0.15) is 26.2 Å². The van der Waals surface area contributed by atoms with Gasteiger partial charge >= 0.3 is 5.97 Å². The molecule has 0 saturated carbocycles. The Kier molecular flexibility index (Phi) is 7.54. The van der Waals surface area contributed by atoms with Gasteiger partial charge in [-0.25, -0.2) is 0 Å². The number of hydrogen-bond acceptors (Lipinski definition) is 3. The number of aliphatic carboxylic acids is 1. The van der Waals surface area contributed by atoms with E-state index in [1.807, 2.05) is 6.92 Å². The second-order valence-electron chi connectivity index (χ2n) is 4.29. The zero-order chi connectivity index (χ0) is 12.6. The third kappa shape index (κ3) is 8.23. The number of likely N-dealkylation sites (N-methyl/N-ethyl adjacent to an activating group) is 1. The molecule has 1 unspecified atom stereocenters. The number of nitrogens with zero attached hydrogens (tertiary/aromatic N) is 1. The molecule has 0 fully saturated rings. The topological polar surface area (TPSA) is 69.6 Å². The van der Waals surface area contributed by atoms with Gasteiger partial charge in [0, 0.05) is 20.5 Å². The molecule has 0 rings (SSSR count). The fourth-order valence-electron chi connectivity index (χ4n) is 1.22. The Hall–Kier alpha value is -1.10. The smallest absolute Gasteiger partial charge is 0.303 e. The standard InChI is InChI=1S/C11H22N2O3/c1-9(4-5-11(15)16)6-7-12-8-10(14)13(2)3/h9,12H,4-8H2,1-3H3,(H,15,16). The number of hydrogen-bond donors (Lipinski definition) is 2.